The summed E-state index contributed by atoms with van der Waals surface area (Å²) in [6, 6.07) is 13.2. The summed E-state index contributed by atoms with van der Waals surface area (Å²) in [4.78, 5) is 24.0. The van der Waals surface area contributed by atoms with Crippen LogP contribution in [0.4, 0.5) is 11.5 Å². The Kier molecular flexibility index (Phi) is 4.49. The molecule has 1 aromatic carbocycles. The number of pyridine rings is 1. The number of piperidine rings is 1. The second-order valence-corrected chi connectivity index (χ2v) is 10.00. The van der Waals surface area contributed by atoms with E-state index in [0.717, 1.165) is 86.2 Å². The van der Waals surface area contributed by atoms with Gasteiger partial charge in [-0.1, -0.05) is 24.3 Å². The molecule has 5 heterocycles. The van der Waals surface area contributed by atoms with Gasteiger partial charge in [0.05, 0.1) is 29.8 Å². The Labute approximate surface area is 199 Å². The predicted molar refractivity (Wildman–Crippen MR) is 133 cm³/mol. The topological polar surface area (TPSA) is 83.5 Å². The van der Waals surface area contributed by atoms with E-state index in [4.69, 9.17) is 20.7 Å². The molecule has 4 aliphatic rings. The van der Waals surface area contributed by atoms with Crippen molar-refractivity contribution in [1.82, 2.24) is 15.0 Å². The minimum atomic E-state index is 0.100. The van der Waals surface area contributed by atoms with Crippen LogP contribution in [-0.2, 0) is 24.8 Å². The Morgan fingerprint density at radius 2 is 1.85 bits per heavy atom. The van der Waals surface area contributed by atoms with Gasteiger partial charge in [0.15, 0.2) is 5.84 Å². The van der Waals surface area contributed by atoms with Gasteiger partial charge in [0.2, 0.25) is 0 Å². The van der Waals surface area contributed by atoms with Crippen LogP contribution < -0.4 is 15.5 Å². The number of hydrogen-bond acceptors (Lipinski definition) is 7. The molecule has 172 valence electrons. The molecule has 7 rings (SSSR count). The second-order valence-electron chi connectivity index (χ2n) is 10.00. The van der Waals surface area contributed by atoms with Crippen LogP contribution in [-0.4, -0.2) is 46.5 Å². The number of hydrogen-bond donors (Lipinski definition) is 1. The average molecular weight is 452 g/mol. The summed E-state index contributed by atoms with van der Waals surface area (Å²) < 4.78 is 0. The van der Waals surface area contributed by atoms with Crippen molar-refractivity contribution in [2.75, 3.05) is 29.4 Å². The van der Waals surface area contributed by atoms with Crippen LogP contribution in [0.25, 0.3) is 0 Å². The molecular weight excluding hydrogens is 422 g/mol. The van der Waals surface area contributed by atoms with Crippen molar-refractivity contribution in [2.24, 2.45) is 10.7 Å². The Morgan fingerprint density at radius 3 is 2.76 bits per heavy atom. The van der Waals surface area contributed by atoms with Crippen molar-refractivity contribution in [3.05, 3.63) is 77.0 Å². The number of benzene rings is 1. The van der Waals surface area contributed by atoms with E-state index >= 15 is 0 Å². The van der Waals surface area contributed by atoms with Gasteiger partial charge in [0.25, 0.3) is 0 Å². The zero-order valence-electron chi connectivity index (χ0n) is 19.3. The van der Waals surface area contributed by atoms with Crippen molar-refractivity contribution in [1.29, 1.82) is 0 Å². The molecule has 3 aliphatic heterocycles. The predicted octanol–water partition coefficient (Wildman–Crippen LogP) is 3.01. The Morgan fingerprint density at radius 1 is 0.971 bits per heavy atom. The van der Waals surface area contributed by atoms with Gasteiger partial charge in [-0.2, -0.15) is 0 Å². The molecule has 0 bridgehead atoms. The summed E-state index contributed by atoms with van der Waals surface area (Å²) >= 11 is 0. The van der Waals surface area contributed by atoms with E-state index in [-0.39, 0.29) is 11.5 Å². The zero-order chi connectivity index (χ0) is 22.7. The maximum absolute atomic E-state index is 6.70. The molecule has 1 atom stereocenters. The molecule has 34 heavy (non-hydrogen) atoms. The minimum absolute atomic E-state index is 0.100. The van der Waals surface area contributed by atoms with Gasteiger partial charge in [0, 0.05) is 37.3 Å². The Bertz CT molecular complexity index is 1290. The van der Waals surface area contributed by atoms with Gasteiger partial charge in [0.1, 0.15) is 11.5 Å². The van der Waals surface area contributed by atoms with Crippen LogP contribution >= 0.6 is 0 Å². The van der Waals surface area contributed by atoms with Crippen LogP contribution in [0.1, 0.15) is 47.5 Å². The van der Waals surface area contributed by atoms with Gasteiger partial charge < -0.3 is 15.5 Å². The van der Waals surface area contributed by atoms with E-state index in [1.54, 1.807) is 0 Å². The van der Waals surface area contributed by atoms with E-state index in [9.17, 15) is 0 Å². The average Bonchev–Trinajstić information content (AvgIpc) is 3.43. The lowest BCUT2D eigenvalue weighted by atomic mass is 9.71. The van der Waals surface area contributed by atoms with Crippen molar-refractivity contribution in [2.45, 2.75) is 50.1 Å². The molecule has 3 aromatic rings. The molecule has 2 N–H and O–H groups in total. The molecule has 0 saturated carbocycles. The molecule has 7 nitrogen and oxygen atoms in total. The maximum atomic E-state index is 6.70. The Hall–Kier alpha value is -3.32. The quantitative estimate of drug-likeness (QED) is 0.612. The molecule has 1 spiro atoms. The first-order chi connectivity index (χ1) is 16.7. The monoisotopic (exact) mass is 451 g/mol. The third-order valence-electron chi connectivity index (χ3n) is 8.31. The van der Waals surface area contributed by atoms with Crippen LogP contribution in [0.5, 0.6) is 0 Å². The molecule has 7 heteroatoms. The summed E-state index contributed by atoms with van der Waals surface area (Å²) in [6.45, 7) is 3.44. The summed E-state index contributed by atoms with van der Waals surface area (Å²) in [7, 11) is 0. The first kappa shape index (κ1) is 20.1. The molecule has 1 unspecified atom stereocenters. The van der Waals surface area contributed by atoms with E-state index in [2.05, 4.69) is 45.1 Å². The van der Waals surface area contributed by atoms with Crippen molar-refractivity contribution in [3.63, 3.8) is 0 Å². The third kappa shape index (κ3) is 2.92. The number of aliphatic imine (C=N–C) groups is 1. The zero-order valence-corrected chi connectivity index (χ0v) is 19.3. The second kappa shape index (κ2) is 7.60. The van der Waals surface area contributed by atoms with Gasteiger partial charge >= 0.3 is 0 Å². The largest absolute Gasteiger partial charge is 0.355 e. The number of aromatic nitrogens is 3. The summed E-state index contributed by atoms with van der Waals surface area (Å²) in [5.74, 6) is 1.90. The molecule has 1 aliphatic carbocycles. The molecule has 0 radical (unpaired) electrons. The number of anilines is 2. The lowest BCUT2D eigenvalue weighted by Crippen LogP contribution is -2.50. The minimum Gasteiger partial charge on any atom is -0.355 e. The van der Waals surface area contributed by atoms with Crippen molar-refractivity contribution in [3.8, 4) is 0 Å². The summed E-state index contributed by atoms with van der Waals surface area (Å²) in [5, 5.41) is 0. The fourth-order valence-corrected chi connectivity index (χ4v) is 6.51. The molecule has 2 aromatic heterocycles. The summed E-state index contributed by atoms with van der Waals surface area (Å²) in [6.07, 6.45) is 9.01. The van der Waals surface area contributed by atoms with Crippen LogP contribution in [0, 0.1) is 0 Å². The number of amidine groups is 1. The lowest BCUT2D eigenvalue weighted by molar-refractivity contribution is 0.292. The highest BCUT2D eigenvalue weighted by Gasteiger charge is 2.46. The highest BCUT2D eigenvalue weighted by atomic mass is 15.3. The van der Waals surface area contributed by atoms with E-state index in [0.29, 0.717) is 6.54 Å². The smallest absolute Gasteiger partial charge is 0.156 e. The lowest BCUT2D eigenvalue weighted by Gasteiger charge is -2.43. The van der Waals surface area contributed by atoms with Crippen LogP contribution in [0.15, 0.2) is 53.8 Å². The van der Waals surface area contributed by atoms with E-state index in [1.165, 1.54) is 11.1 Å². The number of fused-ring (bicyclic) bond motifs is 4. The fourth-order valence-electron chi connectivity index (χ4n) is 6.51. The summed E-state index contributed by atoms with van der Waals surface area (Å²) in [5.41, 5.74) is 13.9. The van der Waals surface area contributed by atoms with Crippen LogP contribution in [0.2, 0.25) is 0 Å². The number of nitrogens with two attached hydrogens (primary N) is 1. The first-order valence-corrected chi connectivity index (χ1v) is 12.4. The highest BCUT2D eigenvalue weighted by molar-refractivity contribution is 6.11. The number of nitrogens with zero attached hydrogens (tertiary/aromatic N) is 6. The standard InChI is InChI=1S/C27H29N7/c28-23-15-18-5-1-2-6-19(18)27(23)9-13-33(14-10-27)24-17-30-25-21(32-24)16-31-26(25)34-12-4-7-20-22(34)8-3-11-29-20/h1-3,5-6,8,11,17,23H,4,7,9-10,12-16,28H2. The van der Waals surface area contributed by atoms with Gasteiger partial charge in [-0.25, -0.2) is 9.97 Å². The fraction of sp³-hybridized carbons (Fsp3) is 0.407. The first-order valence-electron chi connectivity index (χ1n) is 12.4. The molecule has 1 fully saturated rings. The van der Waals surface area contributed by atoms with Crippen LogP contribution in [0.3, 0.4) is 0 Å². The van der Waals surface area contributed by atoms with Gasteiger partial charge in [-0.05, 0) is 55.4 Å². The van der Waals surface area contributed by atoms with Crippen molar-refractivity contribution >= 4 is 17.3 Å². The van der Waals surface area contributed by atoms with E-state index < -0.39 is 0 Å². The molecular formula is C27H29N7. The normalized spacial score (nSPS) is 22.4. The third-order valence-corrected chi connectivity index (χ3v) is 8.31. The molecule has 0 amide bonds. The van der Waals surface area contributed by atoms with E-state index in [1.807, 2.05) is 18.5 Å². The Balaban J connectivity index is 1.12. The van der Waals surface area contributed by atoms with Crippen molar-refractivity contribution < 1.29 is 0 Å². The SMILES string of the molecule is NC1Cc2ccccc2C12CCN(c1cnc3c(n1)CN=C3N1CCCc3ncccc31)CC2. The molecule has 1 saturated heterocycles. The number of rotatable bonds is 1. The number of aryl methyl sites for hydroxylation is 1. The highest BCUT2D eigenvalue weighted by Crippen LogP contribution is 2.46. The van der Waals surface area contributed by atoms with Gasteiger partial charge in [-0.3, -0.25) is 9.98 Å². The maximum Gasteiger partial charge on any atom is 0.156 e. The van der Waals surface area contributed by atoms with Gasteiger partial charge in [-0.15, -0.1) is 0 Å².